The lowest BCUT2D eigenvalue weighted by Crippen LogP contribution is -2.39. The van der Waals surface area contributed by atoms with E-state index in [9.17, 15) is 18.7 Å². The molecule has 1 aliphatic heterocycles. The summed E-state index contributed by atoms with van der Waals surface area (Å²) >= 11 is 0. The highest BCUT2D eigenvalue weighted by molar-refractivity contribution is 5.98. The first-order valence-electron chi connectivity index (χ1n) is 12.9. The number of nitrogens with one attached hydrogen (secondary N) is 3. The molecule has 1 aromatic heterocycles. The van der Waals surface area contributed by atoms with Crippen molar-refractivity contribution in [3.05, 3.63) is 11.8 Å². The Morgan fingerprint density at radius 2 is 1.97 bits per heavy atom. The Hall–Kier alpha value is -2.11. The molecule has 11 heteroatoms. The molecule has 0 spiro atoms. The number of nitrogens with zero attached hydrogens (tertiary/aromatic N) is 3. The minimum absolute atomic E-state index is 0.0803. The van der Waals surface area contributed by atoms with Crippen LogP contribution in [0, 0.1) is 5.92 Å². The Morgan fingerprint density at radius 1 is 1.20 bits per heavy atom. The number of hydrogen-bond acceptors (Lipinski definition) is 8. The van der Waals surface area contributed by atoms with Crippen LogP contribution < -0.4 is 16.0 Å². The van der Waals surface area contributed by atoms with Gasteiger partial charge in [0.2, 0.25) is 5.95 Å². The number of halogens is 2. The molecule has 0 aromatic carbocycles. The maximum Gasteiger partial charge on any atom is 0.345 e. The molecule has 4 N–H and O–H groups in total. The fraction of sp³-hybridized carbons (Fsp3) is 0.792. The highest BCUT2D eigenvalue weighted by Crippen LogP contribution is 2.28. The van der Waals surface area contributed by atoms with Gasteiger partial charge in [0.05, 0.1) is 12.7 Å². The van der Waals surface area contributed by atoms with E-state index in [2.05, 4.69) is 35.6 Å². The van der Waals surface area contributed by atoms with Gasteiger partial charge in [-0.1, -0.05) is 6.42 Å². The number of amides is 1. The van der Waals surface area contributed by atoms with Crippen LogP contribution in [-0.4, -0.2) is 83.0 Å². The van der Waals surface area contributed by atoms with Crippen molar-refractivity contribution in [2.45, 2.75) is 89.1 Å². The van der Waals surface area contributed by atoms with Crippen molar-refractivity contribution in [3.63, 3.8) is 0 Å². The van der Waals surface area contributed by atoms with E-state index in [0.717, 1.165) is 44.8 Å². The van der Waals surface area contributed by atoms with Crippen molar-refractivity contribution in [1.82, 2.24) is 20.2 Å². The fourth-order valence-corrected chi connectivity index (χ4v) is 5.04. The van der Waals surface area contributed by atoms with E-state index in [1.54, 1.807) is 6.92 Å². The predicted octanol–water partition coefficient (Wildman–Crippen LogP) is 2.84. The van der Waals surface area contributed by atoms with E-state index >= 15 is 0 Å². The summed E-state index contributed by atoms with van der Waals surface area (Å²) in [5.41, 5.74) is 0.357. The molecule has 4 rings (SSSR count). The molecular weight excluding hydrogens is 458 g/mol. The lowest BCUT2D eigenvalue weighted by molar-refractivity contribution is -0.130. The first-order valence-corrected chi connectivity index (χ1v) is 12.9. The van der Waals surface area contributed by atoms with Gasteiger partial charge in [-0.3, -0.25) is 4.79 Å². The molecule has 0 bridgehead atoms. The van der Waals surface area contributed by atoms with E-state index < -0.39 is 12.7 Å². The zero-order valence-electron chi connectivity index (χ0n) is 20.4. The molecule has 1 amide bonds. The first kappa shape index (κ1) is 26.0. The van der Waals surface area contributed by atoms with Crippen LogP contribution in [0.5, 0.6) is 0 Å². The zero-order valence-corrected chi connectivity index (χ0v) is 20.4. The van der Waals surface area contributed by atoms with E-state index in [4.69, 9.17) is 0 Å². The van der Waals surface area contributed by atoms with Crippen molar-refractivity contribution in [3.8, 4) is 0 Å². The van der Waals surface area contributed by atoms with Gasteiger partial charge in [-0.15, -0.1) is 0 Å². The summed E-state index contributed by atoms with van der Waals surface area (Å²) in [6.45, 7) is 1.61. The van der Waals surface area contributed by atoms with Crippen LogP contribution in [0.4, 0.5) is 20.5 Å². The molecule has 35 heavy (non-hydrogen) atoms. The van der Waals surface area contributed by atoms with Crippen LogP contribution in [0.1, 0.15) is 68.6 Å². The number of aliphatic hydroxyl groups is 1. The summed E-state index contributed by atoms with van der Waals surface area (Å²) in [5.74, 6) is 1.22. The van der Waals surface area contributed by atoms with Gasteiger partial charge < -0.3 is 30.7 Å². The van der Waals surface area contributed by atoms with Crippen LogP contribution in [0.3, 0.4) is 0 Å². The third-order valence-corrected chi connectivity index (χ3v) is 7.27. The number of carbonyl (C=O) groups excluding carboxylic acids is 1. The second-order valence-electron chi connectivity index (χ2n) is 10.3. The van der Waals surface area contributed by atoms with Gasteiger partial charge in [-0.25, -0.2) is 4.98 Å². The van der Waals surface area contributed by atoms with Crippen molar-refractivity contribution in [2.24, 2.45) is 5.92 Å². The van der Waals surface area contributed by atoms with Gasteiger partial charge in [0, 0.05) is 44.0 Å². The summed E-state index contributed by atoms with van der Waals surface area (Å²) in [5, 5.41) is 19.3. The number of carbonyl (C=O) groups is 1. The SMILES string of the molecule is C[C@@H](COC(F)F)Nc1ncc(C(=O)N[C@H]2CCN(CC3CCC3)C2)c(N[C@H]2CC[C@H](O)CC2)n1. The summed E-state index contributed by atoms with van der Waals surface area (Å²) in [7, 11) is 0. The second kappa shape index (κ2) is 12.2. The molecule has 2 aliphatic carbocycles. The maximum atomic E-state index is 13.2. The number of rotatable bonds is 11. The summed E-state index contributed by atoms with van der Waals surface area (Å²) in [6.07, 6.45) is 8.98. The van der Waals surface area contributed by atoms with Gasteiger partial charge in [-0.05, 0) is 57.8 Å². The van der Waals surface area contributed by atoms with Crippen LogP contribution in [0.2, 0.25) is 0 Å². The van der Waals surface area contributed by atoms with Crippen LogP contribution in [0.15, 0.2) is 6.20 Å². The number of aliphatic hydroxyl groups excluding tert-OH is 1. The van der Waals surface area contributed by atoms with Gasteiger partial charge in [0.1, 0.15) is 11.4 Å². The molecule has 2 heterocycles. The standard InChI is InChI=1S/C24H38F2N6O3/c1-15(14-35-23(25)26)28-24-27-11-20(21(31-24)29-17-5-7-19(33)8-6-17)22(34)30-18-9-10-32(13-18)12-16-3-2-4-16/h11,15-19,23,33H,2-10,12-14H2,1H3,(H,30,34)(H2,27,28,29,31)/t15-,17-,18-,19-/m0/s1. The number of alkyl halides is 2. The van der Waals surface area contributed by atoms with Crippen molar-refractivity contribution in [1.29, 1.82) is 0 Å². The average molecular weight is 497 g/mol. The van der Waals surface area contributed by atoms with Crippen molar-refractivity contribution in [2.75, 3.05) is 36.9 Å². The molecule has 1 aromatic rings. The molecule has 2 atom stereocenters. The predicted molar refractivity (Wildman–Crippen MR) is 129 cm³/mol. The maximum absolute atomic E-state index is 13.2. The summed E-state index contributed by atoms with van der Waals surface area (Å²) < 4.78 is 29.0. The molecule has 0 radical (unpaired) electrons. The number of anilines is 2. The Kier molecular flexibility index (Phi) is 9.07. The Balaban J connectivity index is 1.40. The second-order valence-corrected chi connectivity index (χ2v) is 10.3. The lowest BCUT2D eigenvalue weighted by atomic mass is 9.85. The topological polar surface area (TPSA) is 112 Å². The van der Waals surface area contributed by atoms with Gasteiger partial charge in [-0.2, -0.15) is 13.8 Å². The largest absolute Gasteiger partial charge is 0.393 e. The molecule has 9 nitrogen and oxygen atoms in total. The van der Waals surface area contributed by atoms with E-state index in [0.29, 0.717) is 24.2 Å². The average Bonchev–Trinajstić information content (AvgIpc) is 3.23. The summed E-state index contributed by atoms with van der Waals surface area (Å²) in [4.78, 5) is 24.4. The van der Waals surface area contributed by atoms with Crippen LogP contribution in [0.25, 0.3) is 0 Å². The first-order chi connectivity index (χ1) is 16.9. The van der Waals surface area contributed by atoms with Gasteiger partial charge in [0.25, 0.3) is 5.91 Å². The van der Waals surface area contributed by atoms with Gasteiger partial charge >= 0.3 is 6.61 Å². The third kappa shape index (κ3) is 7.68. The number of aromatic nitrogens is 2. The number of hydrogen-bond donors (Lipinski definition) is 4. The Bertz CT molecular complexity index is 835. The lowest BCUT2D eigenvalue weighted by Gasteiger charge is -2.30. The molecule has 1 saturated heterocycles. The number of ether oxygens (including phenoxy) is 1. The van der Waals surface area contributed by atoms with Gasteiger partial charge in [0.15, 0.2) is 0 Å². The minimum Gasteiger partial charge on any atom is -0.393 e. The molecule has 3 fully saturated rings. The molecule has 196 valence electrons. The zero-order chi connectivity index (χ0) is 24.8. The monoisotopic (exact) mass is 496 g/mol. The fourth-order valence-electron chi connectivity index (χ4n) is 5.04. The van der Waals surface area contributed by atoms with Crippen LogP contribution >= 0.6 is 0 Å². The molecule has 0 unspecified atom stereocenters. The minimum atomic E-state index is -2.84. The quantitative estimate of drug-likeness (QED) is 0.370. The van der Waals surface area contributed by atoms with E-state index in [1.165, 1.54) is 25.5 Å². The van der Waals surface area contributed by atoms with Crippen LogP contribution in [-0.2, 0) is 4.74 Å². The molecular formula is C24H38F2N6O3. The Morgan fingerprint density at radius 3 is 2.66 bits per heavy atom. The highest BCUT2D eigenvalue weighted by Gasteiger charge is 2.29. The smallest absolute Gasteiger partial charge is 0.345 e. The number of likely N-dealkylation sites (tertiary alicyclic amines) is 1. The van der Waals surface area contributed by atoms with E-state index in [-0.39, 0.29) is 36.7 Å². The Labute approximate surface area is 205 Å². The molecule has 2 saturated carbocycles. The molecule has 3 aliphatic rings. The third-order valence-electron chi connectivity index (χ3n) is 7.27. The normalized spacial score (nSPS) is 26.4. The van der Waals surface area contributed by atoms with Crippen molar-refractivity contribution < 1.29 is 23.4 Å². The van der Waals surface area contributed by atoms with Crippen molar-refractivity contribution >= 4 is 17.7 Å². The highest BCUT2D eigenvalue weighted by atomic mass is 19.3. The van der Waals surface area contributed by atoms with E-state index in [1.807, 2.05) is 0 Å². The summed E-state index contributed by atoms with van der Waals surface area (Å²) in [6, 6.07) is -0.275.